The molecule has 0 bridgehead atoms. The third kappa shape index (κ3) is 3.55. The highest BCUT2D eigenvalue weighted by Gasteiger charge is 2.17. The van der Waals surface area contributed by atoms with Crippen molar-refractivity contribution < 1.29 is 8.78 Å². The van der Waals surface area contributed by atoms with Gasteiger partial charge in [0.25, 0.3) is 0 Å². The molecule has 1 fully saturated rings. The van der Waals surface area contributed by atoms with E-state index in [0.29, 0.717) is 11.5 Å². The Kier molecular flexibility index (Phi) is 4.72. The van der Waals surface area contributed by atoms with E-state index < -0.39 is 11.6 Å². The van der Waals surface area contributed by atoms with Gasteiger partial charge in [-0.05, 0) is 55.6 Å². The fourth-order valence-electron chi connectivity index (χ4n) is 3.34. The molecule has 1 aliphatic heterocycles. The third-order valence-corrected chi connectivity index (χ3v) is 5.93. The lowest BCUT2D eigenvalue weighted by Crippen LogP contribution is -2.28. The summed E-state index contributed by atoms with van der Waals surface area (Å²) in [6.45, 7) is 2.16. The summed E-state index contributed by atoms with van der Waals surface area (Å²) in [6.07, 6.45) is 5.94. The molecule has 25 heavy (non-hydrogen) atoms. The summed E-state index contributed by atoms with van der Waals surface area (Å²) in [5.41, 5.74) is 2.06. The molecule has 3 nitrogen and oxygen atoms in total. The van der Waals surface area contributed by atoms with Crippen LogP contribution in [-0.4, -0.2) is 28.8 Å². The highest BCUT2D eigenvalue weighted by atomic mass is 32.2. The maximum Gasteiger partial charge on any atom is 0.138 e. The predicted octanol–water partition coefficient (Wildman–Crippen LogP) is 4.60. The molecule has 4 rings (SSSR count). The summed E-state index contributed by atoms with van der Waals surface area (Å²) in [7, 11) is 0. The fourth-order valence-corrected chi connectivity index (χ4v) is 4.60. The average Bonchev–Trinajstić information content (AvgIpc) is 3.05. The van der Waals surface area contributed by atoms with Crippen molar-refractivity contribution in [1.82, 2.24) is 15.3 Å². The summed E-state index contributed by atoms with van der Waals surface area (Å²) in [5.74, 6) is 0.598. The smallest absolute Gasteiger partial charge is 0.138 e. The molecule has 130 valence electrons. The molecule has 1 aliphatic rings. The first-order chi connectivity index (χ1) is 12.2. The summed E-state index contributed by atoms with van der Waals surface area (Å²) in [4.78, 5) is 8.59. The lowest BCUT2D eigenvalue weighted by atomic mass is 10.0. The number of H-pyrrole nitrogens is 1. The standard InChI is InChI=1S/C19H19F2N3S/c20-14-7-13(8-15(21)9-14)16-10-24-19-18(16)17(3-6-23-19)25-11-12-1-4-22-5-2-12/h3,6-10,12,22H,1-2,4-5,11H2,(H,23,24). The predicted molar refractivity (Wildman–Crippen MR) is 97.8 cm³/mol. The Morgan fingerprint density at radius 1 is 1.12 bits per heavy atom. The number of aromatic nitrogens is 2. The van der Waals surface area contributed by atoms with E-state index >= 15 is 0 Å². The van der Waals surface area contributed by atoms with Crippen molar-refractivity contribution in [2.24, 2.45) is 5.92 Å². The molecule has 3 aromatic rings. The highest BCUT2D eigenvalue weighted by Crippen LogP contribution is 2.36. The number of halogens is 2. The van der Waals surface area contributed by atoms with Crippen molar-refractivity contribution >= 4 is 22.8 Å². The van der Waals surface area contributed by atoms with Crippen LogP contribution in [0.15, 0.2) is 41.6 Å². The van der Waals surface area contributed by atoms with Gasteiger partial charge in [-0.2, -0.15) is 0 Å². The van der Waals surface area contributed by atoms with E-state index in [4.69, 9.17) is 0 Å². The van der Waals surface area contributed by atoms with Crippen molar-refractivity contribution in [3.05, 3.63) is 48.3 Å². The molecule has 0 aliphatic carbocycles. The van der Waals surface area contributed by atoms with E-state index in [2.05, 4.69) is 15.3 Å². The van der Waals surface area contributed by atoms with Gasteiger partial charge in [0.15, 0.2) is 0 Å². The number of aromatic amines is 1. The van der Waals surface area contributed by atoms with Crippen LogP contribution in [0.5, 0.6) is 0 Å². The quantitative estimate of drug-likeness (QED) is 0.669. The Hall–Kier alpha value is -1.92. The molecule has 0 radical (unpaired) electrons. The van der Waals surface area contributed by atoms with E-state index in [-0.39, 0.29) is 0 Å². The molecule has 2 N–H and O–H groups in total. The zero-order valence-corrected chi connectivity index (χ0v) is 14.5. The van der Waals surface area contributed by atoms with Crippen LogP contribution in [0.3, 0.4) is 0 Å². The molecule has 1 aromatic carbocycles. The molecule has 3 heterocycles. The number of rotatable bonds is 4. The van der Waals surface area contributed by atoms with Crippen LogP contribution in [0.4, 0.5) is 8.78 Å². The number of piperidine rings is 1. The van der Waals surface area contributed by atoms with Gasteiger partial charge in [0.05, 0.1) is 0 Å². The zero-order chi connectivity index (χ0) is 17.2. The van der Waals surface area contributed by atoms with Crippen molar-refractivity contribution in [2.45, 2.75) is 17.7 Å². The first-order valence-electron chi connectivity index (χ1n) is 8.47. The second-order valence-corrected chi connectivity index (χ2v) is 7.46. The topological polar surface area (TPSA) is 40.7 Å². The van der Waals surface area contributed by atoms with Gasteiger partial charge in [0.1, 0.15) is 17.3 Å². The third-order valence-electron chi connectivity index (χ3n) is 4.64. The molecule has 0 atom stereocenters. The van der Waals surface area contributed by atoms with Crippen LogP contribution in [-0.2, 0) is 0 Å². The molecular formula is C19H19F2N3S. The Morgan fingerprint density at radius 2 is 1.88 bits per heavy atom. The monoisotopic (exact) mass is 359 g/mol. The molecule has 1 saturated heterocycles. The number of nitrogens with one attached hydrogen (secondary N) is 2. The minimum Gasteiger partial charge on any atom is -0.345 e. The molecule has 0 unspecified atom stereocenters. The van der Waals surface area contributed by atoms with Crippen LogP contribution in [0.1, 0.15) is 12.8 Å². The lowest BCUT2D eigenvalue weighted by Gasteiger charge is -2.22. The Labute approximate surface area is 149 Å². The molecule has 2 aromatic heterocycles. The van der Waals surface area contributed by atoms with E-state index in [0.717, 1.165) is 46.4 Å². The minimum atomic E-state index is -0.572. The largest absolute Gasteiger partial charge is 0.345 e. The number of thioether (sulfide) groups is 1. The van der Waals surface area contributed by atoms with Gasteiger partial charge >= 0.3 is 0 Å². The van der Waals surface area contributed by atoms with Crippen LogP contribution in [0.25, 0.3) is 22.2 Å². The number of hydrogen-bond acceptors (Lipinski definition) is 3. The Balaban J connectivity index is 1.69. The number of benzene rings is 1. The molecule has 0 saturated carbocycles. The van der Waals surface area contributed by atoms with Crippen molar-refractivity contribution in [3.8, 4) is 11.1 Å². The van der Waals surface area contributed by atoms with Crippen molar-refractivity contribution in [2.75, 3.05) is 18.8 Å². The van der Waals surface area contributed by atoms with Gasteiger partial charge in [0.2, 0.25) is 0 Å². The first-order valence-corrected chi connectivity index (χ1v) is 9.45. The second kappa shape index (κ2) is 7.14. The highest BCUT2D eigenvalue weighted by molar-refractivity contribution is 7.99. The number of pyridine rings is 1. The van der Waals surface area contributed by atoms with E-state index in [1.807, 2.05) is 6.07 Å². The molecular weight excluding hydrogens is 340 g/mol. The van der Waals surface area contributed by atoms with Gasteiger partial charge < -0.3 is 10.3 Å². The summed E-state index contributed by atoms with van der Waals surface area (Å²) in [6, 6.07) is 5.60. The summed E-state index contributed by atoms with van der Waals surface area (Å²) < 4.78 is 27.3. The van der Waals surface area contributed by atoms with E-state index in [9.17, 15) is 8.78 Å². The lowest BCUT2D eigenvalue weighted by molar-refractivity contribution is 0.408. The normalized spacial score (nSPS) is 15.8. The molecule has 0 amide bonds. The van der Waals surface area contributed by atoms with Crippen LogP contribution in [0, 0.1) is 17.6 Å². The van der Waals surface area contributed by atoms with E-state index in [1.165, 1.54) is 25.0 Å². The van der Waals surface area contributed by atoms with Gasteiger partial charge in [0, 0.05) is 40.1 Å². The van der Waals surface area contributed by atoms with Gasteiger partial charge in [-0.3, -0.25) is 0 Å². The van der Waals surface area contributed by atoms with Gasteiger partial charge in [-0.15, -0.1) is 11.8 Å². The average molecular weight is 359 g/mol. The number of nitrogens with zero attached hydrogens (tertiary/aromatic N) is 1. The maximum atomic E-state index is 13.6. The van der Waals surface area contributed by atoms with Crippen LogP contribution >= 0.6 is 11.8 Å². The molecule has 6 heteroatoms. The minimum absolute atomic E-state index is 0.528. The summed E-state index contributed by atoms with van der Waals surface area (Å²) in [5, 5.41) is 4.32. The first kappa shape index (κ1) is 16.5. The van der Waals surface area contributed by atoms with Crippen LogP contribution < -0.4 is 5.32 Å². The maximum absolute atomic E-state index is 13.6. The Bertz CT molecular complexity index is 867. The fraction of sp³-hybridized carbons (Fsp3) is 0.316. The second-order valence-electron chi connectivity index (χ2n) is 6.40. The zero-order valence-electron chi connectivity index (χ0n) is 13.7. The summed E-state index contributed by atoms with van der Waals surface area (Å²) >= 11 is 1.80. The Morgan fingerprint density at radius 3 is 2.64 bits per heavy atom. The molecule has 0 spiro atoms. The van der Waals surface area contributed by atoms with Crippen LogP contribution in [0.2, 0.25) is 0 Å². The van der Waals surface area contributed by atoms with Gasteiger partial charge in [-0.1, -0.05) is 0 Å². The van der Waals surface area contributed by atoms with Gasteiger partial charge in [-0.25, -0.2) is 13.8 Å². The van der Waals surface area contributed by atoms with E-state index in [1.54, 1.807) is 24.2 Å². The van der Waals surface area contributed by atoms with Crippen molar-refractivity contribution in [1.29, 1.82) is 0 Å². The number of hydrogen-bond donors (Lipinski definition) is 2. The SMILES string of the molecule is Fc1cc(F)cc(-c2c[nH]c3nccc(SCC4CCNCC4)c23)c1. The van der Waals surface area contributed by atoms with Crippen molar-refractivity contribution in [3.63, 3.8) is 0 Å². The number of fused-ring (bicyclic) bond motifs is 1.